The van der Waals surface area contributed by atoms with Gasteiger partial charge in [-0.25, -0.2) is 4.79 Å². The summed E-state index contributed by atoms with van der Waals surface area (Å²) in [7, 11) is 1.49. The fourth-order valence-electron chi connectivity index (χ4n) is 1.60. The number of carbonyl (C=O) groups excluding carboxylic acids is 1. The summed E-state index contributed by atoms with van der Waals surface area (Å²) in [4.78, 5) is 24.7. The van der Waals surface area contributed by atoms with Crippen LogP contribution in [0.25, 0.3) is 0 Å². The molecule has 0 spiro atoms. The Balaban J connectivity index is 2.82. The number of likely N-dealkylation sites (N-methyl/N-ethyl adjacent to an activating group) is 1. The average Bonchev–Trinajstić information content (AvgIpc) is 2.43. The molecule has 1 rings (SSSR count). The molecule has 21 heavy (non-hydrogen) atoms. The van der Waals surface area contributed by atoms with Gasteiger partial charge in [0.05, 0.1) is 12.7 Å². The third-order valence-electron chi connectivity index (χ3n) is 3.45. The number of benzene rings is 1. The number of carbonyl (C=O) groups is 2. The Morgan fingerprint density at radius 2 is 1.76 bits per heavy atom. The molecule has 1 aromatic rings. The minimum atomic E-state index is -1.25. The number of rotatable bonds is 6. The van der Waals surface area contributed by atoms with Crippen molar-refractivity contribution in [3.63, 3.8) is 0 Å². The van der Waals surface area contributed by atoms with E-state index in [0.29, 0.717) is 12.2 Å². The Hall–Kier alpha value is -1.88. The van der Waals surface area contributed by atoms with Crippen LogP contribution in [-0.4, -0.2) is 40.6 Å². The molecule has 0 heterocycles. The summed E-state index contributed by atoms with van der Waals surface area (Å²) in [6.45, 7) is 7.40. The van der Waals surface area contributed by atoms with Crippen molar-refractivity contribution in [2.45, 2.75) is 45.9 Å². The van der Waals surface area contributed by atoms with E-state index in [1.54, 1.807) is 12.1 Å². The van der Waals surface area contributed by atoms with Gasteiger partial charge in [-0.1, -0.05) is 12.1 Å². The van der Waals surface area contributed by atoms with E-state index in [-0.39, 0.29) is 12.0 Å². The largest absolute Gasteiger partial charge is 0.480 e. The third kappa shape index (κ3) is 4.29. The molecule has 0 fully saturated rings. The molecule has 1 N–H and O–H groups in total. The van der Waals surface area contributed by atoms with Crippen LogP contribution in [0.5, 0.6) is 0 Å². The number of amides is 1. The fourth-order valence-corrected chi connectivity index (χ4v) is 1.60. The molecule has 0 aliphatic heterocycles. The smallest absolute Gasteiger partial charge is 0.329 e. The van der Waals surface area contributed by atoms with E-state index < -0.39 is 11.5 Å². The molecule has 0 aliphatic rings. The van der Waals surface area contributed by atoms with Gasteiger partial charge in [-0.3, -0.25) is 4.79 Å². The van der Waals surface area contributed by atoms with Crippen molar-refractivity contribution >= 4 is 11.9 Å². The number of ether oxygens (including phenoxy) is 1. The first-order valence-electron chi connectivity index (χ1n) is 6.88. The predicted octanol–water partition coefficient (Wildman–Crippen LogP) is 2.55. The van der Waals surface area contributed by atoms with Gasteiger partial charge in [-0.2, -0.15) is 0 Å². The molecule has 0 aromatic heterocycles. The van der Waals surface area contributed by atoms with E-state index in [1.807, 2.05) is 26.0 Å². The summed E-state index contributed by atoms with van der Waals surface area (Å²) in [5, 5.41) is 9.16. The zero-order valence-electron chi connectivity index (χ0n) is 13.2. The lowest BCUT2D eigenvalue weighted by Gasteiger charge is -2.31. The number of nitrogens with zero attached hydrogens (tertiary/aromatic N) is 1. The van der Waals surface area contributed by atoms with Gasteiger partial charge in [0.15, 0.2) is 0 Å². The molecule has 5 nitrogen and oxygen atoms in total. The van der Waals surface area contributed by atoms with E-state index in [2.05, 4.69) is 0 Å². The minimum Gasteiger partial charge on any atom is -0.480 e. The van der Waals surface area contributed by atoms with Gasteiger partial charge in [0.2, 0.25) is 0 Å². The number of carboxylic acid groups (broad SMARTS) is 1. The second-order valence-electron chi connectivity index (χ2n) is 5.79. The Kier molecular flexibility index (Phi) is 5.49. The molecule has 0 aliphatic carbocycles. The van der Waals surface area contributed by atoms with E-state index in [0.717, 1.165) is 5.56 Å². The molecule has 116 valence electrons. The number of carboxylic acids is 1. The first-order chi connectivity index (χ1) is 9.66. The maximum Gasteiger partial charge on any atom is 0.329 e. The van der Waals surface area contributed by atoms with Crippen LogP contribution >= 0.6 is 0 Å². The Morgan fingerprint density at radius 3 is 2.19 bits per heavy atom. The van der Waals surface area contributed by atoms with Gasteiger partial charge in [0.1, 0.15) is 5.54 Å². The van der Waals surface area contributed by atoms with Crippen LogP contribution in [0, 0.1) is 0 Å². The van der Waals surface area contributed by atoms with Crippen molar-refractivity contribution in [1.82, 2.24) is 4.90 Å². The SMILES string of the molecule is CC(C)OCc1ccc(C(=O)N(C)C(C)(C)C(=O)O)cc1. The molecular weight excluding hydrogens is 270 g/mol. The molecule has 5 heteroatoms. The van der Waals surface area contributed by atoms with Crippen LogP contribution in [0.15, 0.2) is 24.3 Å². The minimum absolute atomic E-state index is 0.147. The molecule has 1 aromatic carbocycles. The summed E-state index contributed by atoms with van der Waals surface area (Å²) in [6, 6.07) is 7.01. The van der Waals surface area contributed by atoms with E-state index in [4.69, 9.17) is 9.84 Å². The maximum absolute atomic E-state index is 12.3. The van der Waals surface area contributed by atoms with Gasteiger partial charge in [0.25, 0.3) is 5.91 Å². The number of aliphatic carboxylic acids is 1. The van der Waals surface area contributed by atoms with Crippen LogP contribution in [0.3, 0.4) is 0 Å². The van der Waals surface area contributed by atoms with E-state index in [1.165, 1.54) is 25.8 Å². The highest BCUT2D eigenvalue weighted by atomic mass is 16.5. The van der Waals surface area contributed by atoms with E-state index in [9.17, 15) is 9.59 Å². The second kappa shape index (κ2) is 6.72. The van der Waals surface area contributed by atoms with Crippen LogP contribution in [-0.2, 0) is 16.1 Å². The molecular formula is C16H23NO4. The van der Waals surface area contributed by atoms with Crippen molar-refractivity contribution in [1.29, 1.82) is 0 Å². The quantitative estimate of drug-likeness (QED) is 0.875. The van der Waals surface area contributed by atoms with Gasteiger partial charge < -0.3 is 14.7 Å². The van der Waals surface area contributed by atoms with Crippen LogP contribution in [0.4, 0.5) is 0 Å². The molecule has 0 atom stereocenters. The molecule has 0 radical (unpaired) electrons. The Bertz CT molecular complexity index is 506. The lowest BCUT2D eigenvalue weighted by Crippen LogP contribution is -2.50. The van der Waals surface area contributed by atoms with Crippen molar-refractivity contribution < 1.29 is 19.4 Å². The predicted molar refractivity (Wildman–Crippen MR) is 80.2 cm³/mol. The van der Waals surface area contributed by atoms with Crippen molar-refractivity contribution in [3.05, 3.63) is 35.4 Å². The summed E-state index contributed by atoms with van der Waals surface area (Å²) < 4.78 is 5.49. The van der Waals surface area contributed by atoms with Gasteiger partial charge in [0, 0.05) is 12.6 Å². The summed E-state index contributed by atoms with van der Waals surface area (Å²) in [5.41, 5.74) is 0.178. The average molecular weight is 293 g/mol. The highest BCUT2D eigenvalue weighted by Crippen LogP contribution is 2.17. The van der Waals surface area contributed by atoms with Crippen molar-refractivity contribution in [3.8, 4) is 0 Å². The lowest BCUT2D eigenvalue weighted by atomic mass is 10.0. The molecule has 0 unspecified atom stereocenters. The summed E-state index contributed by atoms with van der Waals surface area (Å²) >= 11 is 0. The lowest BCUT2D eigenvalue weighted by molar-refractivity contribution is -0.147. The molecule has 0 saturated carbocycles. The first-order valence-corrected chi connectivity index (χ1v) is 6.88. The monoisotopic (exact) mass is 293 g/mol. The van der Waals surface area contributed by atoms with Gasteiger partial charge >= 0.3 is 5.97 Å². The number of hydrogen-bond acceptors (Lipinski definition) is 3. The van der Waals surface area contributed by atoms with Crippen molar-refractivity contribution in [2.75, 3.05) is 7.05 Å². The van der Waals surface area contributed by atoms with Gasteiger partial charge in [-0.15, -0.1) is 0 Å². The standard InChI is InChI=1S/C16H23NO4/c1-11(2)21-10-12-6-8-13(9-7-12)14(18)17(5)16(3,4)15(19)20/h6-9,11H,10H2,1-5H3,(H,19,20). The highest BCUT2D eigenvalue weighted by Gasteiger charge is 2.35. The maximum atomic E-state index is 12.3. The van der Waals surface area contributed by atoms with Gasteiger partial charge in [-0.05, 0) is 45.4 Å². The van der Waals surface area contributed by atoms with Crippen LogP contribution in [0.2, 0.25) is 0 Å². The number of hydrogen-bond donors (Lipinski definition) is 1. The highest BCUT2D eigenvalue weighted by molar-refractivity contribution is 5.97. The molecule has 0 bridgehead atoms. The fraction of sp³-hybridized carbons (Fsp3) is 0.500. The first kappa shape index (κ1) is 17.2. The summed E-state index contributed by atoms with van der Waals surface area (Å²) in [5.74, 6) is -1.36. The van der Waals surface area contributed by atoms with Crippen molar-refractivity contribution in [2.24, 2.45) is 0 Å². The Morgan fingerprint density at radius 1 is 1.24 bits per heavy atom. The third-order valence-corrected chi connectivity index (χ3v) is 3.45. The van der Waals surface area contributed by atoms with E-state index >= 15 is 0 Å². The van der Waals surface area contributed by atoms with Crippen LogP contribution < -0.4 is 0 Å². The normalized spacial score (nSPS) is 11.5. The topological polar surface area (TPSA) is 66.8 Å². The second-order valence-corrected chi connectivity index (χ2v) is 5.79. The molecule has 1 amide bonds. The summed E-state index contributed by atoms with van der Waals surface area (Å²) in [6.07, 6.45) is 0.147. The zero-order chi connectivity index (χ0) is 16.2. The molecule has 0 saturated heterocycles. The Labute approximate surface area is 125 Å². The zero-order valence-corrected chi connectivity index (χ0v) is 13.2. The van der Waals surface area contributed by atoms with Crippen LogP contribution in [0.1, 0.15) is 43.6 Å².